The van der Waals surface area contributed by atoms with Crippen LogP contribution in [-0.4, -0.2) is 15.5 Å². The molecule has 0 radical (unpaired) electrons. The monoisotopic (exact) mass is 334 g/mol. The van der Waals surface area contributed by atoms with Gasteiger partial charge in [-0.1, -0.05) is 12.1 Å². The molecule has 25 heavy (non-hydrogen) atoms. The molecule has 6 heteroatoms. The SMILES string of the molecule is Cn1ccnc1C(NC(=O)c1ccc(C#N)cc1)c1ccc(F)cc1. The van der Waals surface area contributed by atoms with Crippen molar-refractivity contribution in [2.24, 2.45) is 7.05 Å². The van der Waals surface area contributed by atoms with Gasteiger partial charge >= 0.3 is 0 Å². The molecule has 1 atom stereocenters. The van der Waals surface area contributed by atoms with Gasteiger partial charge in [-0.15, -0.1) is 0 Å². The summed E-state index contributed by atoms with van der Waals surface area (Å²) in [6.45, 7) is 0. The second-order valence-electron chi connectivity index (χ2n) is 5.54. The van der Waals surface area contributed by atoms with Crippen LogP contribution < -0.4 is 5.32 Å². The number of nitriles is 1. The molecule has 2 aromatic carbocycles. The number of nitrogens with one attached hydrogen (secondary N) is 1. The van der Waals surface area contributed by atoms with Gasteiger partial charge in [0.25, 0.3) is 5.91 Å². The Balaban J connectivity index is 1.92. The Hall–Kier alpha value is -3.46. The summed E-state index contributed by atoms with van der Waals surface area (Å²) in [7, 11) is 1.83. The first-order valence-electron chi connectivity index (χ1n) is 7.62. The summed E-state index contributed by atoms with van der Waals surface area (Å²) in [6, 6.07) is 13.8. The molecule has 1 aromatic heterocycles. The fraction of sp³-hybridized carbons (Fsp3) is 0.105. The summed E-state index contributed by atoms with van der Waals surface area (Å²) in [5.41, 5.74) is 1.63. The van der Waals surface area contributed by atoms with Crippen molar-refractivity contribution in [1.82, 2.24) is 14.9 Å². The molecule has 0 aliphatic rings. The van der Waals surface area contributed by atoms with Crippen molar-refractivity contribution in [2.75, 3.05) is 0 Å². The number of carbonyl (C=O) groups is 1. The Kier molecular flexibility index (Phi) is 4.57. The van der Waals surface area contributed by atoms with Gasteiger partial charge in [-0.2, -0.15) is 5.26 Å². The first-order chi connectivity index (χ1) is 12.1. The van der Waals surface area contributed by atoms with E-state index in [0.29, 0.717) is 17.0 Å². The smallest absolute Gasteiger partial charge is 0.252 e. The molecule has 1 unspecified atom stereocenters. The first kappa shape index (κ1) is 16.4. The van der Waals surface area contributed by atoms with Crippen LogP contribution in [0.4, 0.5) is 4.39 Å². The Bertz CT molecular complexity index is 923. The molecule has 0 saturated heterocycles. The van der Waals surface area contributed by atoms with Crippen molar-refractivity contribution in [3.8, 4) is 6.07 Å². The number of nitrogens with zero attached hydrogens (tertiary/aromatic N) is 3. The summed E-state index contributed by atoms with van der Waals surface area (Å²) < 4.78 is 15.0. The van der Waals surface area contributed by atoms with Crippen LogP contribution in [0.25, 0.3) is 0 Å². The first-order valence-corrected chi connectivity index (χ1v) is 7.62. The lowest BCUT2D eigenvalue weighted by molar-refractivity contribution is 0.0941. The van der Waals surface area contributed by atoms with E-state index >= 15 is 0 Å². The largest absolute Gasteiger partial charge is 0.338 e. The van der Waals surface area contributed by atoms with E-state index in [1.165, 1.54) is 12.1 Å². The van der Waals surface area contributed by atoms with Gasteiger partial charge in [0.05, 0.1) is 11.6 Å². The zero-order valence-electron chi connectivity index (χ0n) is 13.5. The second-order valence-corrected chi connectivity index (χ2v) is 5.54. The Morgan fingerprint density at radius 1 is 1.20 bits per heavy atom. The average Bonchev–Trinajstić information content (AvgIpc) is 3.06. The van der Waals surface area contributed by atoms with E-state index in [9.17, 15) is 9.18 Å². The molecular formula is C19H15FN4O. The molecule has 0 aliphatic carbocycles. The number of hydrogen-bond donors (Lipinski definition) is 1. The van der Waals surface area contributed by atoms with Gasteiger partial charge in [0.15, 0.2) is 0 Å². The fourth-order valence-corrected chi connectivity index (χ4v) is 2.52. The molecule has 1 N–H and O–H groups in total. The maximum Gasteiger partial charge on any atom is 0.252 e. The van der Waals surface area contributed by atoms with Gasteiger partial charge in [-0.25, -0.2) is 9.37 Å². The van der Waals surface area contributed by atoms with Crippen molar-refractivity contribution < 1.29 is 9.18 Å². The number of amides is 1. The molecule has 1 amide bonds. The number of benzene rings is 2. The number of hydrogen-bond acceptors (Lipinski definition) is 3. The number of imidazole rings is 1. The lowest BCUT2D eigenvalue weighted by atomic mass is 10.0. The van der Waals surface area contributed by atoms with Crippen molar-refractivity contribution >= 4 is 5.91 Å². The Labute approximate surface area is 144 Å². The maximum atomic E-state index is 13.2. The zero-order valence-corrected chi connectivity index (χ0v) is 13.5. The second kappa shape index (κ2) is 6.97. The van der Waals surface area contributed by atoms with Crippen LogP contribution in [0.1, 0.15) is 33.4 Å². The highest BCUT2D eigenvalue weighted by Gasteiger charge is 2.21. The summed E-state index contributed by atoms with van der Waals surface area (Å²) in [5, 5.41) is 11.8. The van der Waals surface area contributed by atoms with Gasteiger partial charge in [-0.05, 0) is 42.0 Å². The lowest BCUT2D eigenvalue weighted by Gasteiger charge is -2.19. The van der Waals surface area contributed by atoms with Gasteiger partial charge in [0.1, 0.15) is 17.7 Å². The van der Waals surface area contributed by atoms with E-state index in [1.54, 1.807) is 53.4 Å². The topological polar surface area (TPSA) is 70.7 Å². The third kappa shape index (κ3) is 3.56. The molecule has 0 fully saturated rings. The minimum atomic E-state index is -0.524. The minimum Gasteiger partial charge on any atom is -0.338 e. The predicted molar refractivity (Wildman–Crippen MR) is 90.1 cm³/mol. The van der Waals surface area contributed by atoms with Crippen LogP contribution in [0.5, 0.6) is 0 Å². The number of halogens is 1. The maximum absolute atomic E-state index is 13.2. The fourth-order valence-electron chi connectivity index (χ4n) is 2.52. The van der Waals surface area contributed by atoms with E-state index in [4.69, 9.17) is 5.26 Å². The van der Waals surface area contributed by atoms with Crippen molar-refractivity contribution in [1.29, 1.82) is 5.26 Å². The molecule has 3 aromatic rings. The Morgan fingerprint density at radius 3 is 2.44 bits per heavy atom. The third-order valence-corrected chi connectivity index (χ3v) is 3.87. The van der Waals surface area contributed by atoms with Gasteiger partial charge in [-0.3, -0.25) is 4.79 Å². The molecule has 0 bridgehead atoms. The van der Waals surface area contributed by atoms with Crippen LogP contribution in [-0.2, 0) is 7.05 Å². The molecule has 3 rings (SSSR count). The van der Waals surface area contributed by atoms with E-state index < -0.39 is 6.04 Å². The van der Waals surface area contributed by atoms with E-state index in [1.807, 2.05) is 13.1 Å². The third-order valence-electron chi connectivity index (χ3n) is 3.87. The number of aryl methyl sites for hydroxylation is 1. The normalized spacial score (nSPS) is 11.6. The zero-order chi connectivity index (χ0) is 17.8. The van der Waals surface area contributed by atoms with Crippen LogP contribution >= 0.6 is 0 Å². The van der Waals surface area contributed by atoms with E-state index in [2.05, 4.69) is 10.3 Å². The summed E-state index contributed by atoms with van der Waals surface area (Å²) in [6.07, 6.45) is 3.42. The predicted octanol–water partition coefficient (Wildman–Crippen LogP) is 2.95. The van der Waals surface area contributed by atoms with Crippen molar-refractivity contribution in [3.05, 3.63) is 89.3 Å². The van der Waals surface area contributed by atoms with Gasteiger partial charge < -0.3 is 9.88 Å². The standard InChI is InChI=1S/C19H15FN4O/c1-24-11-10-22-18(24)17(14-6-8-16(20)9-7-14)23-19(25)15-4-2-13(12-21)3-5-15/h2-11,17H,1H3,(H,23,25). The van der Waals surface area contributed by atoms with Gasteiger partial charge in [0.2, 0.25) is 0 Å². The minimum absolute atomic E-state index is 0.304. The summed E-state index contributed by atoms with van der Waals surface area (Å²) in [5.74, 6) is -0.0174. The number of aromatic nitrogens is 2. The van der Waals surface area contributed by atoms with E-state index in [-0.39, 0.29) is 11.7 Å². The molecule has 0 saturated carbocycles. The van der Waals surface area contributed by atoms with Crippen LogP contribution in [0, 0.1) is 17.1 Å². The molecule has 5 nitrogen and oxygen atoms in total. The van der Waals surface area contributed by atoms with Gasteiger partial charge in [0, 0.05) is 25.0 Å². The highest BCUT2D eigenvalue weighted by molar-refractivity contribution is 5.94. The highest BCUT2D eigenvalue weighted by atomic mass is 19.1. The van der Waals surface area contributed by atoms with Crippen LogP contribution in [0.3, 0.4) is 0 Å². The van der Waals surface area contributed by atoms with E-state index in [0.717, 1.165) is 5.56 Å². The van der Waals surface area contributed by atoms with Crippen LogP contribution in [0.2, 0.25) is 0 Å². The molecule has 124 valence electrons. The average molecular weight is 334 g/mol. The molecule has 0 spiro atoms. The number of carbonyl (C=O) groups excluding carboxylic acids is 1. The Morgan fingerprint density at radius 2 is 1.88 bits per heavy atom. The lowest BCUT2D eigenvalue weighted by Crippen LogP contribution is -2.31. The molecular weight excluding hydrogens is 319 g/mol. The quantitative estimate of drug-likeness (QED) is 0.797. The van der Waals surface area contributed by atoms with Crippen molar-refractivity contribution in [3.63, 3.8) is 0 Å². The summed E-state index contributed by atoms with van der Waals surface area (Å²) in [4.78, 5) is 16.9. The highest BCUT2D eigenvalue weighted by Crippen LogP contribution is 2.21. The summed E-state index contributed by atoms with van der Waals surface area (Å²) >= 11 is 0. The van der Waals surface area contributed by atoms with Crippen LogP contribution in [0.15, 0.2) is 60.9 Å². The molecule has 1 heterocycles. The number of rotatable bonds is 4. The molecule has 0 aliphatic heterocycles. The van der Waals surface area contributed by atoms with Crippen molar-refractivity contribution in [2.45, 2.75) is 6.04 Å².